The third-order valence-electron chi connectivity index (χ3n) is 3.30. The van der Waals surface area contributed by atoms with Crippen LogP contribution in [0.5, 0.6) is 0 Å². The maximum atomic E-state index is 5.85. The molecule has 0 radical (unpaired) electrons. The number of hydrogen-bond donors (Lipinski definition) is 1. The van der Waals surface area contributed by atoms with E-state index >= 15 is 0 Å². The molecule has 1 aliphatic heterocycles. The molecule has 15 heavy (non-hydrogen) atoms. The Morgan fingerprint density at radius 3 is 2.80 bits per heavy atom. The van der Waals surface area contributed by atoms with Crippen LogP contribution in [-0.4, -0.2) is 38.0 Å². The Hall–Kier alpha value is -0.120. The van der Waals surface area contributed by atoms with Crippen molar-refractivity contribution in [3.63, 3.8) is 0 Å². The topological polar surface area (TPSA) is 30.5 Å². The summed E-state index contributed by atoms with van der Waals surface area (Å²) in [6, 6.07) is 0. The molecule has 2 fully saturated rings. The van der Waals surface area contributed by atoms with Crippen LogP contribution in [0.2, 0.25) is 0 Å². The zero-order chi connectivity index (χ0) is 10.5. The average molecular weight is 213 g/mol. The van der Waals surface area contributed by atoms with Crippen LogP contribution in [0.3, 0.4) is 0 Å². The van der Waals surface area contributed by atoms with Crippen molar-refractivity contribution < 1.29 is 9.47 Å². The summed E-state index contributed by atoms with van der Waals surface area (Å²) in [4.78, 5) is 0. The maximum absolute atomic E-state index is 5.85. The number of rotatable bonds is 6. The van der Waals surface area contributed by atoms with Crippen molar-refractivity contribution in [3.8, 4) is 0 Å². The van der Waals surface area contributed by atoms with E-state index in [2.05, 4.69) is 12.2 Å². The molecule has 0 aromatic rings. The molecule has 0 spiro atoms. The molecule has 1 saturated heterocycles. The molecule has 2 aliphatic rings. The largest absolute Gasteiger partial charge is 0.377 e. The molecule has 2 atom stereocenters. The van der Waals surface area contributed by atoms with Crippen LogP contribution in [0.25, 0.3) is 0 Å². The van der Waals surface area contributed by atoms with Crippen LogP contribution >= 0.6 is 0 Å². The van der Waals surface area contributed by atoms with E-state index in [0.29, 0.717) is 18.3 Å². The lowest BCUT2D eigenvalue weighted by Crippen LogP contribution is -2.36. The molecule has 0 amide bonds. The Balaban J connectivity index is 1.48. The minimum atomic E-state index is 0.344. The van der Waals surface area contributed by atoms with Crippen molar-refractivity contribution in [1.29, 1.82) is 0 Å². The van der Waals surface area contributed by atoms with Crippen molar-refractivity contribution in [2.24, 2.45) is 0 Å². The standard InChI is InChI=1S/C12H23NO2/c1-10(15-11-4-2-5-11)8-13-9-12-6-3-7-14-12/h10-13H,2-9H2,1H3. The van der Waals surface area contributed by atoms with E-state index in [0.717, 1.165) is 19.7 Å². The molecule has 2 rings (SSSR count). The fourth-order valence-electron chi connectivity index (χ4n) is 2.14. The zero-order valence-corrected chi connectivity index (χ0v) is 9.71. The van der Waals surface area contributed by atoms with Crippen LogP contribution in [0.4, 0.5) is 0 Å². The van der Waals surface area contributed by atoms with Gasteiger partial charge in [0.1, 0.15) is 0 Å². The Labute approximate surface area is 92.5 Å². The fraction of sp³-hybridized carbons (Fsp3) is 1.00. The molecule has 3 nitrogen and oxygen atoms in total. The van der Waals surface area contributed by atoms with Gasteiger partial charge in [-0.3, -0.25) is 0 Å². The molecular weight excluding hydrogens is 190 g/mol. The zero-order valence-electron chi connectivity index (χ0n) is 9.71. The van der Waals surface area contributed by atoms with E-state index in [1.165, 1.54) is 32.1 Å². The molecule has 0 bridgehead atoms. The number of ether oxygens (including phenoxy) is 2. The van der Waals surface area contributed by atoms with Gasteiger partial charge >= 0.3 is 0 Å². The predicted molar refractivity (Wildman–Crippen MR) is 60.0 cm³/mol. The number of nitrogens with one attached hydrogen (secondary N) is 1. The van der Waals surface area contributed by atoms with Gasteiger partial charge in [-0.2, -0.15) is 0 Å². The van der Waals surface area contributed by atoms with Gasteiger partial charge in [0.25, 0.3) is 0 Å². The summed E-state index contributed by atoms with van der Waals surface area (Å²) in [6.45, 7) is 5.04. The molecule has 3 heteroatoms. The predicted octanol–water partition coefficient (Wildman–Crippen LogP) is 1.71. The van der Waals surface area contributed by atoms with E-state index in [1.54, 1.807) is 0 Å². The summed E-state index contributed by atoms with van der Waals surface area (Å²) >= 11 is 0. The lowest BCUT2D eigenvalue weighted by molar-refractivity contribution is -0.0426. The van der Waals surface area contributed by atoms with Crippen LogP contribution < -0.4 is 5.32 Å². The second-order valence-corrected chi connectivity index (χ2v) is 4.79. The summed E-state index contributed by atoms with van der Waals surface area (Å²) in [5, 5.41) is 3.43. The van der Waals surface area contributed by atoms with Gasteiger partial charge in [0.15, 0.2) is 0 Å². The van der Waals surface area contributed by atoms with Crippen molar-refractivity contribution in [1.82, 2.24) is 5.32 Å². The SMILES string of the molecule is CC(CNCC1CCCO1)OC1CCC1. The highest BCUT2D eigenvalue weighted by molar-refractivity contribution is 4.72. The summed E-state index contributed by atoms with van der Waals surface area (Å²) < 4.78 is 11.4. The van der Waals surface area contributed by atoms with Gasteiger partial charge < -0.3 is 14.8 Å². The van der Waals surface area contributed by atoms with E-state index < -0.39 is 0 Å². The Kier molecular flexibility index (Phi) is 4.42. The van der Waals surface area contributed by atoms with Gasteiger partial charge in [0, 0.05) is 19.7 Å². The quantitative estimate of drug-likeness (QED) is 0.728. The van der Waals surface area contributed by atoms with E-state index in [9.17, 15) is 0 Å². The lowest BCUT2D eigenvalue weighted by Gasteiger charge is -2.29. The monoisotopic (exact) mass is 213 g/mol. The molecule has 88 valence electrons. The second-order valence-electron chi connectivity index (χ2n) is 4.79. The fourth-order valence-corrected chi connectivity index (χ4v) is 2.14. The smallest absolute Gasteiger partial charge is 0.0700 e. The summed E-state index contributed by atoms with van der Waals surface area (Å²) in [7, 11) is 0. The van der Waals surface area contributed by atoms with E-state index in [-0.39, 0.29) is 0 Å². The van der Waals surface area contributed by atoms with Crippen LogP contribution in [0.15, 0.2) is 0 Å². The normalized spacial score (nSPS) is 29.0. The van der Waals surface area contributed by atoms with Crippen molar-refractivity contribution >= 4 is 0 Å². The summed E-state index contributed by atoms with van der Waals surface area (Å²) in [5.74, 6) is 0. The van der Waals surface area contributed by atoms with Gasteiger partial charge in [-0.1, -0.05) is 0 Å². The highest BCUT2D eigenvalue weighted by atomic mass is 16.5. The second kappa shape index (κ2) is 5.83. The Morgan fingerprint density at radius 2 is 2.20 bits per heavy atom. The Morgan fingerprint density at radius 1 is 1.33 bits per heavy atom. The minimum Gasteiger partial charge on any atom is -0.377 e. The van der Waals surface area contributed by atoms with E-state index in [4.69, 9.17) is 9.47 Å². The third-order valence-corrected chi connectivity index (χ3v) is 3.30. The average Bonchev–Trinajstić information content (AvgIpc) is 2.64. The molecule has 1 aliphatic carbocycles. The molecule has 1 heterocycles. The molecule has 1 saturated carbocycles. The van der Waals surface area contributed by atoms with Gasteiger partial charge in [-0.25, -0.2) is 0 Å². The van der Waals surface area contributed by atoms with Crippen LogP contribution in [0, 0.1) is 0 Å². The van der Waals surface area contributed by atoms with Crippen molar-refractivity contribution in [2.45, 2.75) is 57.3 Å². The third kappa shape index (κ3) is 3.74. The minimum absolute atomic E-state index is 0.344. The van der Waals surface area contributed by atoms with Gasteiger partial charge in [0.2, 0.25) is 0 Å². The Bertz CT molecular complexity index is 176. The first-order valence-corrected chi connectivity index (χ1v) is 6.32. The van der Waals surface area contributed by atoms with Gasteiger partial charge in [0.05, 0.1) is 18.3 Å². The molecule has 0 aromatic carbocycles. The van der Waals surface area contributed by atoms with Crippen molar-refractivity contribution in [2.75, 3.05) is 19.7 Å². The first-order chi connectivity index (χ1) is 7.34. The first-order valence-electron chi connectivity index (χ1n) is 6.32. The molecule has 2 unspecified atom stereocenters. The molecule has 1 N–H and O–H groups in total. The molecular formula is C12H23NO2. The van der Waals surface area contributed by atoms with Gasteiger partial charge in [-0.15, -0.1) is 0 Å². The van der Waals surface area contributed by atoms with E-state index in [1.807, 2.05) is 0 Å². The van der Waals surface area contributed by atoms with Crippen molar-refractivity contribution in [3.05, 3.63) is 0 Å². The maximum Gasteiger partial charge on any atom is 0.0700 e. The highest BCUT2D eigenvalue weighted by Crippen LogP contribution is 2.23. The lowest BCUT2D eigenvalue weighted by atomic mass is 9.96. The van der Waals surface area contributed by atoms with Gasteiger partial charge in [-0.05, 0) is 39.0 Å². The summed E-state index contributed by atoms with van der Waals surface area (Å²) in [6.07, 6.45) is 7.64. The first kappa shape index (κ1) is 11.4. The van der Waals surface area contributed by atoms with Crippen LogP contribution in [-0.2, 0) is 9.47 Å². The number of hydrogen-bond acceptors (Lipinski definition) is 3. The summed E-state index contributed by atoms with van der Waals surface area (Å²) in [5.41, 5.74) is 0. The molecule has 0 aromatic heterocycles. The highest BCUT2D eigenvalue weighted by Gasteiger charge is 2.20. The van der Waals surface area contributed by atoms with Crippen LogP contribution in [0.1, 0.15) is 39.0 Å².